The SMILES string of the molecule is COC(=O)/C(C)=N\Nc1c(Cl)cc(Cl)cc1Cl. The highest BCUT2D eigenvalue weighted by molar-refractivity contribution is 6.42. The van der Waals surface area contributed by atoms with Gasteiger partial charge in [-0.15, -0.1) is 0 Å². The molecule has 0 unspecified atom stereocenters. The topological polar surface area (TPSA) is 50.7 Å². The van der Waals surface area contributed by atoms with E-state index in [9.17, 15) is 4.79 Å². The number of esters is 1. The van der Waals surface area contributed by atoms with Crippen molar-refractivity contribution in [1.82, 2.24) is 0 Å². The summed E-state index contributed by atoms with van der Waals surface area (Å²) in [5, 5.41) is 4.83. The third-order valence-electron chi connectivity index (χ3n) is 1.82. The van der Waals surface area contributed by atoms with Gasteiger partial charge in [0.1, 0.15) is 5.71 Å². The normalized spacial score (nSPS) is 11.2. The van der Waals surface area contributed by atoms with Crippen molar-refractivity contribution < 1.29 is 9.53 Å². The molecule has 7 heteroatoms. The lowest BCUT2D eigenvalue weighted by Gasteiger charge is -2.07. The Balaban J connectivity index is 2.93. The number of ether oxygens (including phenoxy) is 1. The van der Waals surface area contributed by atoms with Crippen molar-refractivity contribution >= 4 is 52.2 Å². The molecule has 17 heavy (non-hydrogen) atoms. The molecular formula is C10H9Cl3N2O2. The minimum absolute atomic E-state index is 0.148. The predicted octanol–water partition coefficient (Wildman–Crippen LogP) is 3.61. The van der Waals surface area contributed by atoms with Crippen LogP contribution < -0.4 is 5.43 Å². The molecule has 0 saturated heterocycles. The molecule has 0 atom stereocenters. The van der Waals surface area contributed by atoms with Gasteiger partial charge in [0, 0.05) is 5.02 Å². The van der Waals surface area contributed by atoms with Gasteiger partial charge in [-0.05, 0) is 19.1 Å². The monoisotopic (exact) mass is 294 g/mol. The largest absolute Gasteiger partial charge is 0.464 e. The highest BCUT2D eigenvalue weighted by atomic mass is 35.5. The van der Waals surface area contributed by atoms with E-state index in [1.807, 2.05) is 0 Å². The van der Waals surface area contributed by atoms with Crippen molar-refractivity contribution in [3.63, 3.8) is 0 Å². The molecule has 0 aromatic heterocycles. The number of carbonyl (C=O) groups is 1. The number of methoxy groups -OCH3 is 1. The lowest BCUT2D eigenvalue weighted by Crippen LogP contribution is -2.13. The first-order valence-corrected chi connectivity index (χ1v) is 5.62. The van der Waals surface area contributed by atoms with Gasteiger partial charge in [-0.2, -0.15) is 5.10 Å². The van der Waals surface area contributed by atoms with Crippen LogP contribution in [-0.2, 0) is 9.53 Å². The summed E-state index contributed by atoms with van der Waals surface area (Å²) < 4.78 is 4.48. The fraction of sp³-hybridized carbons (Fsp3) is 0.200. The van der Waals surface area contributed by atoms with E-state index in [0.29, 0.717) is 20.8 Å². The van der Waals surface area contributed by atoms with Gasteiger partial charge in [0.25, 0.3) is 0 Å². The van der Waals surface area contributed by atoms with E-state index in [1.54, 1.807) is 0 Å². The number of hydrogen-bond donors (Lipinski definition) is 1. The van der Waals surface area contributed by atoms with Gasteiger partial charge in [0.15, 0.2) is 0 Å². The molecular weight excluding hydrogens is 286 g/mol. The lowest BCUT2D eigenvalue weighted by atomic mass is 10.3. The van der Waals surface area contributed by atoms with Crippen LogP contribution in [0.15, 0.2) is 17.2 Å². The summed E-state index contributed by atoms with van der Waals surface area (Å²) in [6, 6.07) is 3.03. The Kier molecular flexibility index (Phi) is 5.05. The Hall–Kier alpha value is -0.970. The summed E-state index contributed by atoms with van der Waals surface area (Å²) in [5.74, 6) is -0.543. The summed E-state index contributed by atoms with van der Waals surface area (Å²) in [6.07, 6.45) is 0. The number of hydrogen-bond acceptors (Lipinski definition) is 4. The maximum Gasteiger partial charge on any atom is 0.353 e. The van der Waals surface area contributed by atoms with Gasteiger partial charge >= 0.3 is 5.97 Å². The molecule has 1 aromatic carbocycles. The van der Waals surface area contributed by atoms with Crippen LogP contribution >= 0.6 is 34.8 Å². The molecule has 0 saturated carbocycles. The summed E-state index contributed by atoms with van der Waals surface area (Å²) in [5.41, 5.74) is 3.11. The summed E-state index contributed by atoms with van der Waals surface area (Å²) in [6.45, 7) is 1.50. The molecule has 0 amide bonds. The molecule has 0 aliphatic rings. The quantitative estimate of drug-likeness (QED) is 0.526. The average molecular weight is 296 g/mol. The maximum atomic E-state index is 11.1. The fourth-order valence-corrected chi connectivity index (χ4v) is 1.88. The van der Waals surface area contributed by atoms with Crippen LogP contribution in [0.3, 0.4) is 0 Å². The maximum absolute atomic E-state index is 11.1. The second kappa shape index (κ2) is 6.10. The zero-order valence-electron chi connectivity index (χ0n) is 9.05. The van der Waals surface area contributed by atoms with Gasteiger partial charge in [-0.25, -0.2) is 4.79 Å². The molecule has 92 valence electrons. The molecule has 0 aliphatic heterocycles. The minimum atomic E-state index is -0.543. The number of nitrogens with zero attached hydrogens (tertiary/aromatic N) is 1. The fourth-order valence-electron chi connectivity index (χ4n) is 0.982. The Labute approximate surface area is 113 Å². The van der Waals surface area contributed by atoms with Crippen molar-refractivity contribution in [2.75, 3.05) is 12.5 Å². The molecule has 1 N–H and O–H groups in total. The molecule has 0 heterocycles. The van der Waals surface area contributed by atoms with Crippen molar-refractivity contribution in [1.29, 1.82) is 0 Å². The summed E-state index contributed by atoms with van der Waals surface area (Å²) >= 11 is 17.6. The Morgan fingerprint density at radius 1 is 1.29 bits per heavy atom. The van der Waals surface area contributed by atoms with Gasteiger partial charge in [0.2, 0.25) is 0 Å². The first-order valence-electron chi connectivity index (χ1n) is 4.49. The average Bonchev–Trinajstić information content (AvgIpc) is 2.26. The second-order valence-electron chi connectivity index (χ2n) is 3.05. The standard InChI is InChI=1S/C10H9Cl3N2O2/c1-5(10(16)17-2)14-15-9-7(12)3-6(11)4-8(9)13/h3-4,15H,1-2H3/b14-5-. The third kappa shape index (κ3) is 3.77. The molecule has 0 spiro atoms. The van der Waals surface area contributed by atoms with Crippen LogP contribution in [-0.4, -0.2) is 18.8 Å². The first kappa shape index (κ1) is 14.1. The van der Waals surface area contributed by atoms with E-state index in [4.69, 9.17) is 34.8 Å². The van der Waals surface area contributed by atoms with E-state index in [-0.39, 0.29) is 5.71 Å². The molecule has 0 radical (unpaired) electrons. The van der Waals surface area contributed by atoms with Gasteiger partial charge < -0.3 is 4.74 Å². The van der Waals surface area contributed by atoms with Crippen LogP contribution in [0.4, 0.5) is 5.69 Å². The van der Waals surface area contributed by atoms with Crippen LogP contribution in [0.5, 0.6) is 0 Å². The zero-order chi connectivity index (χ0) is 13.0. The van der Waals surface area contributed by atoms with Crippen LogP contribution in [0.25, 0.3) is 0 Å². The van der Waals surface area contributed by atoms with Crippen molar-refractivity contribution in [3.05, 3.63) is 27.2 Å². The molecule has 0 bridgehead atoms. The smallest absolute Gasteiger partial charge is 0.353 e. The zero-order valence-corrected chi connectivity index (χ0v) is 11.3. The Bertz CT molecular complexity index is 452. The first-order chi connectivity index (χ1) is 7.95. The number of halogens is 3. The van der Waals surface area contributed by atoms with E-state index >= 15 is 0 Å². The van der Waals surface area contributed by atoms with Crippen molar-refractivity contribution in [3.8, 4) is 0 Å². The number of carbonyl (C=O) groups excluding carboxylic acids is 1. The van der Waals surface area contributed by atoms with E-state index in [2.05, 4.69) is 15.3 Å². The highest BCUT2D eigenvalue weighted by Crippen LogP contribution is 2.33. The number of nitrogens with one attached hydrogen (secondary N) is 1. The molecule has 4 nitrogen and oxygen atoms in total. The summed E-state index contributed by atoms with van der Waals surface area (Å²) in [4.78, 5) is 11.1. The van der Waals surface area contributed by atoms with E-state index in [0.717, 1.165) is 0 Å². The van der Waals surface area contributed by atoms with Crippen LogP contribution in [0.2, 0.25) is 15.1 Å². The van der Waals surface area contributed by atoms with Gasteiger partial charge in [0.05, 0.1) is 22.8 Å². The van der Waals surface area contributed by atoms with Crippen LogP contribution in [0.1, 0.15) is 6.92 Å². The molecule has 0 fully saturated rings. The van der Waals surface area contributed by atoms with E-state index in [1.165, 1.54) is 26.2 Å². The molecule has 1 rings (SSSR count). The van der Waals surface area contributed by atoms with Crippen molar-refractivity contribution in [2.45, 2.75) is 6.92 Å². The molecule has 0 aliphatic carbocycles. The summed E-state index contributed by atoms with van der Waals surface area (Å²) in [7, 11) is 1.27. The lowest BCUT2D eigenvalue weighted by molar-refractivity contribution is -0.132. The molecule has 1 aromatic rings. The van der Waals surface area contributed by atoms with Gasteiger partial charge in [-0.3, -0.25) is 5.43 Å². The highest BCUT2D eigenvalue weighted by Gasteiger charge is 2.09. The second-order valence-corrected chi connectivity index (χ2v) is 4.30. The van der Waals surface area contributed by atoms with Gasteiger partial charge in [-0.1, -0.05) is 34.8 Å². The van der Waals surface area contributed by atoms with Crippen molar-refractivity contribution in [2.24, 2.45) is 5.10 Å². The van der Waals surface area contributed by atoms with Crippen LogP contribution in [0, 0.1) is 0 Å². The number of anilines is 1. The Morgan fingerprint density at radius 2 is 1.82 bits per heavy atom. The predicted molar refractivity (Wildman–Crippen MR) is 70.2 cm³/mol. The van der Waals surface area contributed by atoms with E-state index < -0.39 is 5.97 Å². The number of benzene rings is 1. The third-order valence-corrected chi connectivity index (χ3v) is 2.64. The Morgan fingerprint density at radius 3 is 2.29 bits per heavy atom. The number of rotatable bonds is 3. The minimum Gasteiger partial charge on any atom is -0.464 e. The number of hydrazone groups is 1.